The molecule has 2 aromatic rings. The largest absolute Gasteiger partial charge is 0.489 e. The van der Waals surface area contributed by atoms with Gasteiger partial charge in [-0.1, -0.05) is 29.8 Å². The standard InChI is InChI=1S/C17H20ClNO/c1-12-5-4-6-16(9-12)20-14(3)11-19-15-8-7-13(2)17(18)10-15/h4-10,14,19H,11H2,1-3H3. The third kappa shape index (κ3) is 4.17. The number of aryl methyl sites for hydroxylation is 2. The number of ether oxygens (including phenoxy) is 1. The minimum atomic E-state index is 0.0804. The van der Waals surface area contributed by atoms with Crippen LogP contribution >= 0.6 is 11.6 Å². The van der Waals surface area contributed by atoms with Crippen LogP contribution in [-0.4, -0.2) is 12.6 Å². The van der Waals surface area contributed by atoms with Crippen molar-refractivity contribution < 1.29 is 4.74 Å². The molecule has 106 valence electrons. The van der Waals surface area contributed by atoms with Crippen LogP contribution in [0.15, 0.2) is 42.5 Å². The Morgan fingerprint density at radius 1 is 1.15 bits per heavy atom. The molecule has 1 unspecified atom stereocenters. The summed E-state index contributed by atoms with van der Waals surface area (Å²) >= 11 is 6.11. The summed E-state index contributed by atoms with van der Waals surface area (Å²) in [6.07, 6.45) is 0.0804. The van der Waals surface area contributed by atoms with Crippen LogP contribution in [0, 0.1) is 13.8 Å². The number of anilines is 1. The lowest BCUT2D eigenvalue weighted by Crippen LogP contribution is -2.22. The lowest BCUT2D eigenvalue weighted by molar-refractivity contribution is 0.234. The monoisotopic (exact) mass is 289 g/mol. The summed E-state index contributed by atoms with van der Waals surface area (Å²) in [7, 11) is 0. The van der Waals surface area contributed by atoms with Crippen LogP contribution in [-0.2, 0) is 0 Å². The maximum Gasteiger partial charge on any atom is 0.120 e. The molecule has 0 spiro atoms. The molecule has 2 aromatic carbocycles. The van der Waals surface area contributed by atoms with E-state index in [0.717, 1.165) is 28.6 Å². The van der Waals surface area contributed by atoms with Gasteiger partial charge in [0.25, 0.3) is 0 Å². The first kappa shape index (κ1) is 14.7. The van der Waals surface area contributed by atoms with Crippen molar-refractivity contribution in [2.45, 2.75) is 26.9 Å². The predicted molar refractivity (Wildman–Crippen MR) is 85.9 cm³/mol. The fourth-order valence-electron chi connectivity index (χ4n) is 1.93. The molecule has 3 heteroatoms. The summed E-state index contributed by atoms with van der Waals surface area (Å²) in [6, 6.07) is 14.1. The van der Waals surface area contributed by atoms with E-state index in [4.69, 9.17) is 16.3 Å². The van der Waals surface area contributed by atoms with Crippen molar-refractivity contribution in [2.75, 3.05) is 11.9 Å². The molecule has 0 aliphatic carbocycles. The zero-order chi connectivity index (χ0) is 14.5. The molecule has 0 fully saturated rings. The summed E-state index contributed by atoms with van der Waals surface area (Å²) in [6.45, 7) is 6.83. The van der Waals surface area contributed by atoms with Gasteiger partial charge in [0.2, 0.25) is 0 Å². The average molecular weight is 290 g/mol. The Kier molecular flexibility index (Phi) is 4.91. The second-order valence-corrected chi connectivity index (χ2v) is 5.50. The first-order valence-corrected chi connectivity index (χ1v) is 7.16. The number of hydrogen-bond donors (Lipinski definition) is 1. The normalized spacial score (nSPS) is 12.0. The van der Waals surface area contributed by atoms with E-state index in [1.54, 1.807) is 0 Å². The maximum atomic E-state index is 6.11. The minimum Gasteiger partial charge on any atom is -0.489 e. The molecular formula is C17H20ClNO. The second kappa shape index (κ2) is 6.67. The highest BCUT2D eigenvalue weighted by Gasteiger charge is 2.05. The van der Waals surface area contributed by atoms with Gasteiger partial charge in [0.15, 0.2) is 0 Å². The molecule has 20 heavy (non-hydrogen) atoms. The first-order valence-electron chi connectivity index (χ1n) is 6.78. The van der Waals surface area contributed by atoms with E-state index >= 15 is 0 Å². The van der Waals surface area contributed by atoms with Crippen molar-refractivity contribution in [1.82, 2.24) is 0 Å². The van der Waals surface area contributed by atoms with E-state index < -0.39 is 0 Å². The van der Waals surface area contributed by atoms with Crippen LogP contribution in [0.25, 0.3) is 0 Å². The molecule has 0 bridgehead atoms. The molecular weight excluding hydrogens is 270 g/mol. The van der Waals surface area contributed by atoms with Crippen LogP contribution < -0.4 is 10.1 Å². The molecule has 0 radical (unpaired) electrons. The third-order valence-electron chi connectivity index (χ3n) is 3.09. The van der Waals surface area contributed by atoms with E-state index in [0.29, 0.717) is 0 Å². The highest BCUT2D eigenvalue weighted by atomic mass is 35.5. The van der Waals surface area contributed by atoms with Crippen molar-refractivity contribution >= 4 is 17.3 Å². The Labute approximate surface area is 125 Å². The smallest absolute Gasteiger partial charge is 0.120 e. The van der Waals surface area contributed by atoms with Gasteiger partial charge in [0, 0.05) is 10.7 Å². The number of rotatable bonds is 5. The molecule has 0 saturated heterocycles. The number of halogens is 1. The van der Waals surface area contributed by atoms with Gasteiger partial charge in [-0.2, -0.15) is 0 Å². The molecule has 0 amide bonds. The highest BCUT2D eigenvalue weighted by Crippen LogP contribution is 2.20. The van der Waals surface area contributed by atoms with Gasteiger partial charge in [-0.15, -0.1) is 0 Å². The fourth-order valence-corrected chi connectivity index (χ4v) is 2.11. The highest BCUT2D eigenvalue weighted by molar-refractivity contribution is 6.31. The van der Waals surface area contributed by atoms with Gasteiger partial charge >= 0.3 is 0 Å². The summed E-state index contributed by atoms with van der Waals surface area (Å²) in [5.74, 6) is 0.904. The van der Waals surface area contributed by atoms with Gasteiger partial charge in [-0.05, 0) is 56.2 Å². The first-order chi connectivity index (χ1) is 9.54. The molecule has 0 saturated carbocycles. The van der Waals surface area contributed by atoms with E-state index in [1.807, 2.05) is 50.2 Å². The maximum absolute atomic E-state index is 6.11. The molecule has 0 aromatic heterocycles. The van der Waals surface area contributed by atoms with Gasteiger partial charge in [0.05, 0.1) is 6.54 Å². The number of benzene rings is 2. The lowest BCUT2D eigenvalue weighted by atomic mass is 10.2. The number of hydrogen-bond acceptors (Lipinski definition) is 2. The molecule has 0 aliphatic rings. The van der Waals surface area contributed by atoms with Gasteiger partial charge in [-0.3, -0.25) is 0 Å². The zero-order valence-corrected chi connectivity index (χ0v) is 12.9. The predicted octanol–water partition coefficient (Wildman–Crippen LogP) is 4.84. The zero-order valence-electron chi connectivity index (χ0n) is 12.1. The van der Waals surface area contributed by atoms with Crippen LogP contribution in [0.5, 0.6) is 5.75 Å². The van der Waals surface area contributed by atoms with E-state index in [9.17, 15) is 0 Å². The Morgan fingerprint density at radius 3 is 2.65 bits per heavy atom. The van der Waals surface area contributed by atoms with Crippen LogP contribution in [0.3, 0.4) is 0 Å². The summed E-state index contributed by atoms with van der Waals surface area (Å²) in [5.41, 5.74) is 3.30. The van der Waals surface area contributed by atoms with Crippen LogP contribution in [0.1, 0.15) is 18.1 Å². The topological polar surface area (TPSA) is 21.3 Å². The van der Waals surface area contributed by atoms with Gasteiger partial charge < -0.3 is 10.1 Å². The lowest BCUT2D eigenvalue weighted by Gasteiger charge is -2.16. The third-order valence-corrected chi connectivity index (χ3v) is 3.50. The molecule has 0 aliphatic heterocycles. The van der Waals surface area contributed by atoms with Crippen molar-refractivity contribution in [3.05, 3.63) is 58.6 Å². The Morgan fingerprint density at radius 2 is 1.95 bits per heavy atom. The van der Waals surface area contributed by atoms with E-state index in [2.05, 4.69) is 18.3 Å². The Balaban J connectivity index is 1.88. The van der Waals surface area contributed by atoms with Gasteiger partial charge in [-0.25, -0.2) is 0 Å². The molecule has 1 N–H and O–H groups in total. The van der Waals surface area contributed by atoms with Gasteiger partial charge in [0.1, 0.15) is 11.9 Å². The molecule has 1 atom stereocenters. The quantitative estimate of drug-likeness (QED) is 0.851. The number of nitrogens with one attached hydrogen (secondary N) is 1. The Bertz CT molecular complexity index is 583. The summed E-state index contributed by atoms with van der Waals surface area (Å²) in [4.78, 5) is 0. The van der Waals surface area contributed by atoms with Crippen molar-refractivity contribution in [2.24, 2.45) is 0 Å². The molecule has 2 nitrogen and oxygen atoms in total. The van der Waals surface area contributed by atoms with Crippen LogP contribution in [0.2, 0.25) is 5.02 Å². The minimum absolute atomic E-state index is 0.0804. The fraction of sp³-hybridized carbons (Fsp3) is 0.294. The SMILES string of the molecule is Cc1cccc(OC(C)CNc2ccc(C)c(Cl)c2)c1. The van der Waals surface area contributed by atoms with E-state index in [1.165, 1.54) is 5.56 Å². The van der Waals surface area contributed by atoms with Crippen LogP contribution in [0.4, 0.5) is 5.69 Å². The summed E-state index contributed by atoms with van der Waals surface area (Å²) in [5, 5.41) is 4.12. The van der Waals surface area contributed by atoms with Crippen molar-refractivity contribution in [1.29, 1.82) is 0 Å². The van der Waals surface area contributed by atoms with Crippen molar-refractivity contribution in [3.63, 3.8) is 0 Å². The molecule has 2 rings (SSSR count). The average Bonchev–Trinajstić information content (AvgIpc) is 2.40. The van der Waals surface area contributed by atoms with E-state index in [-0.39, 0.29) is 6.10 Å². The molecule has 0 heterocycles. The van der Waals surface area contributed by atoms with Crippen molar-refractivity contribution in [3.8, 4) is 5.75 Å². The second-order valence-electron chi connectivity index (χ2n) is 5.09. The summed E-state index contributed by atoms with van der Waals surface area (Å²) < 4.78 is 5.88. The Hall–Kier alpha value is -1.67.